The molecule has 9 heteroatoms. The number of aromatic nitrogens is 3. The Morgan fingerprint density at radius 3 is 2.31 bits per heavy atom. The zero-order chi connectivity index (χ0) is 22.8. The van der Waals surface area contributed by atoms with E-state index >= 15 is 0 Å². The maximum Gasteiger partial charge on any atom is 0.262 e. The third-order valence-corrected chi connectivity index (χ3v) is 5.13. The monoisotopic (exact) mass is 428 g/mol. The summed E-state index contributed by atoms with van der Waals surface area (Å²) in [6.45, 7) is 3.80. The number of amides is 3. The van der Waals surface area contributed by atoms with E-state index in [0.29, 0.717) is 5.82 Å². The molecule has 0 radical (unpaired) electrons. The lowest BCUT2D eigenvalue weighted by molar-refractivity contribution is -0.120. The molecule has 1 aliphatic rings. The maximum atomic E-state index is 13.4. The molecule has 3 amide bonds. The summed E-state index contributed by atoms with van der Waals surface area (Å²) in [6.07, 6.45) is 3.15. The Kier molecular flexibility index (Phi) is 5.52. The smallest absolute Gasteiger partial charge is 0.262 e. The van der Waals surface area contributed by atoms with Crippen molar-refractivity contribution < 1.29 is 14.4 Å². The predicted octanol–water partition coefficient (Wildman–Crippen LogP) is 2.79. The van der Waals surface area contributed by atoms with Crippen LogP contribution in [0.4, 0.5) is 5.82 Å². The van der Waals surface area contributed by atoms with Crippen molar-refractivity contribution in [2.24, 2.45) is 5.92 Å². The van der Waals surface area contributed by atoms with Crippen LogP contribution in [0.25, 0.3) is 5.82 Å². The average molecular weight is 428 g/mol. The van der Waals surface area contributed by atoms with Gasteiger partial charge in [0.2, 0.25) is 5.91 Å². The third-order valence-electron chi connectivity index (χ3n) is 5.13. The van der Waals surface area contributed by atoms with Gasteiger partial charge in [0, 0.05) is 6.20 Å². The Bertz CT molecular complexity index is 1210. The van der Waals surface area contributed by atoms with Crippen LogP contribution >= 0.6 is 0 Å². The Balaban J connectivity index is 1.70. The summed E-state index contributed by atoms with van der Waals surface area (Å²) in [5.74, 6) is -1.05. The number of fused-ring (bicyclic) bond motifs is 1. The van der Waals surface area contributed by atoms with Crippen molar-refractivity contribution in [1.82, 2.24) is 19.7 Å². The zero-order valence-electron chi connectivity index (χ0n) is 17.5. The lowest BCUT2D eigenvalue weighted by atomic mass is 10.0. The normalized spacial score (nSPS) is 13.8. The molecule has 0 saturated carbocycles. The minimum Gasteiger partial charge on any atom is -0.308 e. The standard InChI is InChI=1S/C23H20N6O3/c1-14(2)11-18(28-22(31)16-7-3-4-8-17(16)23(28)32)21(30)27-20-15(12-24)13-26-29(20)19-9-5-6-10-25-19/h3-10,13-14,18H,11H2,1-2H3,(H,27,30). The van der Waals surface area contributed by atoms with Crippen LogP contribution in [0.3, 0.4) is 0 Å². The second-order valence-corrected chi connectivity index (χ2v) is 7.78. The topological polar surface area (TPSA) is 121 Å². The van der Waals surface area contributed by atoms with Crippen LogP contribution in [0.1, 0.15) is 46.5 Å². The minimum absolute atomic E-state index is 0.0196. The number of rotatable bonds is 6. The molecule has 1 unspecified atom stereocenters. The molecule has 1 aliphatic heterocycles. The van der Waals surface area contributed by atoms with E-state index in [1.54, 1.807) is 48.7 Å². The Labute approximate surface area is 184 Å². The molecule has 9 nitrogen and oxygen atoms in total. The highest BCUT2D eigenvalue weighted by atomic mass is 16.2. The van der Waals surface area contributed by atoms with E-state index in [9.17, 15) is 19.6 Å². The number of hydrogen-bond acceptors (Lipinski definition) is 6. The predicted molar refractivity (Wildman–Crippen MR) is 115 cm³/mol. The summed E-state index contributed by atoms with van der Waals surface area (Å²) >= 11 is 0. The molecular weight excluding hydrogens is 408 g/mol. The highest BCUT2D eigenvalue weighted by Gasteiger charge is 2.43. The lowest BCUT2D eigenvalue weighted by Crippen LogP contribution is -2.48. The first kappa shape index (κ1) is 20.9. The first-order valence-corrected chi connectivity index (χ1v) is 10.1. The lowest BCUT2D eigenvalue weighted by Gasteiger charge is -2.26. The quantitative estimate of drug-likeness (QED) is 0.603. The van der Waals surface area contributed by atoms with E-state index in [0.717, 1.165) is 4.90 Å². The second kappa shape index (κ2) is 8.43. The first-order valence-electron chi connectivity index (χ1n) is 10.1. The van der Waals surface area contributed by atoms with Crippen LogP contribution in [-0.4, -0.2) is 43.4 Å². The number of nitriles is 1. The Morgan fingerprint density at radius 1 is 1.09 bits per heavy atom. The number of carbonyl (C=O) groups is 3. The Morgan fingerprint density at radius 2 is 1.75 bits per heavy atom. The number of anilines is 1. The number of pyridine rings is 1. The van der Waals surface area contributed by atoms with Crippen LogP contribution in [0, 0.1) is 17.2 Å². The largest absolute Gasteiger partial charge is 0.308 e. The molecule has 3 heterocycles. The fourth-order valence-electron chi connectivity index (χ4n) is 3.67. The van der Waals surface area contributed by atoms with Gasteiger partial charge in [-0.2, -0.15) is 15.0 Å². The van der Waals surface area contributed by atoms with E-state index in [-0.39, 0.29) is 34.8 Å². The highest BCUT2D eigenvalue weighted by Crippen LogP contribution is 2.28. The molecular formula is C23H20N6O3. The van der Waals surface area contributed by atoms with Crippen molar-refractivity contribution in [2.45, 2.75) is 26.3 Å². The molecule has 1 aromatic carbocycles. The zero-order valence-corrected chi connectivity index (χ0v) is 17.5. The van der Waals surface area contributed by atoms with Gasteiger partial charge in [0.25, 0.3) is 11.8 Å². The van der Waals surface area contributed by atoms with Gasteiger partial charge in [-0.05, 0) is 36.6 Å². The van der Waals surface area contributed by atoms with E-state index in [4.69, 9.17) is 0 Å². The van der Waals surface area contributed by atoms with Crippen LogP contribution in [-0.2, 0) is 4.79 Å². The molecule has 3 aromatic rings. The van der Waals surface area contributed by atoms with Crippen molar-refractivity contribution in [1.29, 1.82) is 5.26 Å². The van der Waals surface area contributed by atoms with Gasteiger partial charge in [0.15, 0.2) is 11.6 Å². The van der Waals surface area contributed by atoms with Crippen molar-refractivity contribution in [2.75, 3.05) is 5.32 Å². The maximum absolute atomic E-state index is 13.4. The van der Waals surface area contributed by atoms with Crippen LogP contribution in [0.5, 0.6) is 0 Å². The summed E-state index contributed by atoms with van der Waals surface area (Å²) in [5.41, 5.74) is 0.681. The molecule has 1 atom stereocenters. The second-order valence-electron chi connectivity index (χ2n) is 7.78. The number of hydrogen-bond donors (Lipinski definition) is 1. The number of carbonyl (C=O) groups excluding carboxylic acids is 3. The molecule has 0 saturated heterocycles. The number of nitrogens with zero attached hydrogens (tertiary/aromatic N) is 5. The van der Waals surface area contributed by atoms with Crippen LogP contribution < -0.4 is 5.32 Å². The summed E-state index contributed by atoms with van der Waals surface area (Å²) in [5, 5.41) is 16.4. The van der Waals surface area contributed by atoms with Gasteiger partial charge in [0.1, 0.15) is 17.7 Å². The fraction of sp³-hybridized carbons (Fsp3) is 0.217. The fourth-order valence-corrected chi connectivity index (χ4v) is 3.67. The van der Waals surface area contributed by atoms with Gasteiger partial charge in [-0.15, -0.1) is 0 Å². The van der Waals surface area contributed by atoms with Gasteiger partial charge in [-0.25, -0.2) is 4.98 Å². The molecule has 160 valence electrons. The van der Waals surface area contributed by atoms with Crippen LogP contribution in [0.15, 0.2) is 54.9 Å². The molecule has 4 rings (SSSR count). The molecule has 32 heavy (non-hydrogen) atoms. The SMILES string of the molecule is CC(C)CC(C(=O)Nc1c(C#N)cnn1-c1ccccn1)N1C(=O)c2ccccc2C1=O. The van der Waals surface area contributed by atoms with Crippen molar-refractivity contribution >= 4 is 23.5 Å². The Hall–Kier alpha value is -4.32. The third kappa shape index (κ3) is 3.63. The number of nitrogens with one attached hydrogen (secondary N) is 1. The van der Waals surface area contributed by atoms with Gasteiger partial charge >= 0.3 is 0 Å². The molecule has 0 spiro atoms. The first-order chi connectivity index (χ1) is 15.4. The molecule has 1 N–H and O–H groups in total. The van der Waals surface area contributed by atoms with E-state index in [1.165, 1.54) is 10.9 Å². The van der Waals surface area contributed by atoms with Crippen molar-refractivity contribution in [3.05, 3.63) is 71.5 Å². The van der Waals surface area contributed by atoms with Gasteiger partial charge in [0.05, 0.1) is 17.3 Å². The summed E-state index contributed by atoms with van der Waals surface area (Å²) in [6, 6.07) is 12.6. The van der Waals surface area contributed by atoms with Gasteiger partial charge in [-0.1, -0.05) is 32.0 Å². The van der Waals surface area contributed by atoms with E-state index < -0.39 is 23.8 Å². The van der Waals surface area contributed by atoms with Crippen molar-refractivity contribution in [3.8, 4) is 11.9 Å². The summed E-state index contributed by atoms with van der Waals surface area (Å²) < 4.78 is 1.34. The average Bonchev–Trinajstić information content (AvgIpc) is 3.31. The van der Waals surface area contributed by atoms with Crippen molar-refractivity contribution in [3.63, 3.8) is 0 Å². The molecule has 2 aromatic heterocycles. The van der Waals surface area contributed by atoms with E-state index in [1.807, 2.05) is 19.9 Å². The minimum atomic E-state index is -1.05. The number of benzene rings is 1. The van der Waals surface area contributed by atoms with Gasteiger partial charge < -0.3 is 5.32 Å². The van der Waals surface area contributed by atoms with Gasteiger partial charge in [-0.3, -0.25) is 19.3 Å². The molecule has 0 aliphatic carbocycles. The molecule has 0 bridgehead atoms. The summed E-state index contributed by atoms with van der Waals surface area (Å²) in [7, 11) is 0. The summed E-state index contributed by atoms with van der Waals surface area (Å²) in [4.78, 5) is 44.6. The van der Waals surface area contributed by atoms with E-state index in [2.05, 4.69) is 15.4 Å². The molecule has 0 fully saturated rings. The highest BCUT2D eigenvalue weighted by molar-refractivity contribution is 6.23. The van der Waals surface area contributed by atoms with Crippen LogP contribution in [0.2, 0.25) is 0 Å². The number of imide groups is 1.